The van der Waals surface area contributed by atoms with Crippen LogP contribution >= 0.6 is 0 Å². The van der Waals surface area contributed by atoms with Gasteiger partial charge in [0.15, 0.2) is 0 Å². The number of para-hydroxylation sites is 1. The fraction of sp³-hybridized carbons (Fsp3) is 0.231. The van der Waals surface area contributed by atoms with Gasteiger partial charge in [-0.3, -0.25) is 4.79 Å². The second kappa shape index (κ2) is 5.35. The predicted molar refractivity (Wildman–Crippen MR) is 70.4 cm³/mol. The number of carbonyl (C=O) groups excluding carboxylic acids is 1. The highest BCUT2D eigenvalue weighted by atomic mass is 16.1. The van der Waals surface area contributed by atoms with Crippen LogP contribution in [0.15, 0.2) is 36.7 Å². The van der Waals surface area contributed by atoms with Gasteiger partial charge in [-0.1, -0.05) is 12.1 Å². The number of carbonyl (C=O) groups is 1. The minimum Gasteiger partial charge on any atom is -0.377 e. The summed E-state index contributed by atoms with van der Waals surface area (Å²) in [7, 11) is 3.56. The molecular weight excluding hydrogens is 228 g/mol. The summed E-state index contributed by atoms with van der Waals surface area (Å²) in [6.07, 6.45) is 3.64. The molecule has 18 heavy (non-hydrogen) atoms. The molecule has 0 fully saturated rings. The Balaban J connectivity index is 2.14. The molecule has 1 heterocycles. The number of rotatable bonds is 4. The van der Waals surface area contributed by atoms with Crippen molar-refractivity contribution >= 4 is 11.6 Å². The maximum atomic E-state index is 11.7. The van der Waals surface area contributed by atoms with Crippen molar-refractivity contribution < 1.29 is 4.79 Å². The molecular formula is C13H16N4O. The number of nitrogens with zero attached hydrogens (tertiary/aromatic N) is 2. The molecule has 0 saturated heterocycles. The summed E-state index contributed by atoms with van der Waals surface area (Å²) >= 11 is 0. The summed E-state index contributed by atoms with van der Waals surface area (Å²) in [5.74, 6) is 0.819. The van der Waals surface area contributed by atoms with Gasteiger partial charge in [-0.15, -0.1) is 0 Å². The molecule has 1 aromatic heterocycles. The molecule has 1 amide bonds. The quantitative estimate of drug-likeness (QED) is 0.854. The van der Waals surface area contributed by atoms with Crippen LogP contribution in [0.5, 0.6) is 0 Å². The van der Waals surface area contributed by atoms with Crippen molar-refractivity contribution in [2.24, 2.45) is 7.05 Å². The van der Waals surface area contributed by atoms with Gasteiger partial charge < -0.3 is 15.2 Å². The maximum Gasteiger partial charge on any atom is 0.253 e. The number of amides is 1. The van der Waals surface area contributed by atoms with Crippen LogP contribution in [0.2, 0.25) is 0 Å². The Morgan fingerprint density at radius 2 is 2.17 bits per heavy atom. The predicted octanol–water partition coefficient (Wildman–Crippen LogP) is 1.39. The molecule has 0 bridgehead atoms. The minimum absolute atomic E-state index is 0.0991. The molecule has 0 unspecified atom stereocenters. The van der Waals surface area contributed by atoms with Crippen molar-refractivity contribution in [1.29, 1.82) is 0 Å². The van der Waals surface area contributed by atoms with E-state index in [1.807, 2.05) is 36.0 Å². The highest BCUT2D eigenvalue weighted by Gasteiger charge is 2.09. The van der Waals surface area contributed by atoms with Gasteiger partial charge in [-0.05, 0) is 12.1 Å². The molecule has 0 aliphatic heterocycles. The molecule has 94 valence electrons. The number of benzene rings is 1. The number of anilines is 1. The molecule has 5 heteroatoms. The van der Waals surface area contributed by atoms with Gasteiger partial charge in [0.05, 0.1) is 12.1 Å². The third-order valence-corrected chi connectivity index (χ3v) is 2.76. The van der Waals surface area contributed by atoms with E-state index in [1.165, 1.54) is 0 Å². The molecule has 0 saturated carbocycles. The van der Waals surface area contributed by atoms with E-state index in [4.69, 9.17) is 0 Å². The Labute approximate surface area is 106 Å². The Bertz CT molecular complexity index is 547. The Kier molecular flexibility index (Phi) is 3.62. The van der Waals surface area contributed by atoms with Crippen LogP contribution in [0.3, 0.4) is 0 Å². The molecule has 2 N–H and O–H groups in total. The van der Waals surface area contributed by atoms with Crippen molar-refractivity contribution in [1.82, 2.24) is 14.9 Å². The average Bonchev–Trinajstić information content (AvgIpc) is 2.81. The zero-order valence-electron chi connectivity index (χ0n) is 10.5. The van der Waals surface area contributed by atoms with Gasteiger partial charge in [-0.25, -0.2) is 4.98 Å². The molecule has 0 spiro atoms. The minimum atomic E-state index is -0.0991. The van der Waals surface area contributed by atoms with Crippen LogP contribution in [-0.2, 0) is 13.6 Å². The molecule has 2 rings (SSSR count). The molecule has 1 aromatic carbocycles. The van der Waals surface area contributed by atoms with Crippen molar-refractivity contribution in [2.75, 3.05) is 12.4 Å². The van der Waals surface area contributed by atoms with Gasteiger partial charge >= 0.3 is 0 Å². The van der Waals surface area contributed by atoms with Gasteiger partial charge in [0.1, 0.15) is 5.82 Å². The topological polar surface area (TPSA) is 59.0 Å². The van der Waals surface area contributed by atoms with Gasteiger partial charge in [0, 0.05) is 32.2 Å². The van der Waals surface area contributed by atoms with Crippen molar-refractivity contribution in [2.45, 2.75) is 6.54 Å². The van der Waals surface area contributed by atoms with E-state index in [1.54, 1.807) is 19.3 Å². The summed E-state index contributed by atoms with van der Waals surface area (Å²) in [5.41, 5.74) is 1.44. The lowest BCUT2D eigenvalue weighted by Gasteiger charge is -2.10. The zero-order chi connectivity index (χ0) is 13.0. The van der Waals surface area contributed by atoms with Crippen LogP contribution < -0.4 is 10.6 Å². The van der Waals surface area contributed by atoms with Gasteiger partial charge in [0.25, 0.3) is 5.91 Å². The van der Waals surface area contributed by atoms with E-state index in [0.29, 0.717) is 12.1 Å². The lowest BCUT2D eigenvalue weighted by atomic mass is 10.1. The van der Waals surface area contributed by atoms with Crippen molar-refractivity contribution in [3.8, 4) is 0 Å². The summed E-state index contributed by atoms with van der Waals surface area (Å²) in [6.45, 7) is 0.581. The van der Waals surface area contributed by atoms with Gasteiger partial charge in [0.2, 0.25) is 0 Å². The van der Waals surface area contributed by atoms with E-state index in [-0.39, 0.29) is 5.91 Å². The monoisotopic (exact) mass is 244 g/mol. The highest BCUT2D eigenvalue weighted by molar-refractivity contribution is 5.99. The third-order valence-electron chi connectivity index (χ3n) is 2.76. The van der Waals surface area contributed by atoms with E-state index in [2.05, 4.69) is 15.6 Å². The van der Waals surface area contributed by atoms with E-state index in [0.717, 1.165) is 11.5 Å². The number of aromatic nitrogens is 2. The number of imidazole rings is 1. The van der Waals surface area contributed by atoms with E-state index >= 15 is 0 Å². The third kappa shape index (κ3) is 2.51. The molecule has 0 aliphatic rings. The SMILES string of the molecule is CNC(=O)c1ccccc1NCc1nccn1C. The molecule has 5 nitrogen and oxygen atoms in total. The molecule has 0 radical (unpaired) electrons. The fourth-order valence-electron chi connectivity index (χ4n) is 1.71. The zero-order valence-corrected chi connectivity index (χ0v) is 10.5. The Hall–Kier alpha value is -2.30. The van der Waals surface area contributed by atoms with Crippen LogP contribution in [0, 0.1) is 0 Å². The number of nitrogens with one attached hydrogen (secondary N) is 2. The standard InChI is InChI=1S/C13H16N4O/c1-14-13(18)10-5-3-4-6-11(10)16-9-12-15-7-8-17(12)2/h3-8,16H,9H2,1-2H3,(H,14,18). The first-order chi connectivity index (χ1) is 8.72. The maximum absolute atomic E-state index is 11.7. The summed E-state index contributed by atoms with van der Waals surface area (Å²) < 4.78 is 1.94. The fourth-order valence-corrected chi connectivity index (χ4v) is 1.71. The Morgan fingerprint density at radius 1 is 1.39 bits per heavy atom. The first kappa shape index (κ1) is 12.2. The molecule has 2 aromatic rings. The normalized spacial score (nSPS) is 10.1. The smallest absolute Gasteiger partial charge is 0.253 e. The van der Waals surface area contributed by atoms with Crippen LogP contribution in [0.4, 0.5) is 5.69 Å². The lowest BCUT2D eigenvalue weighted by molar-refractivity contribution is 0.0964. The number of aryl methyl sites for hydroxylation is 1. The van der Waals surface area contributed by atoms with Crippen molar-refractivity contribution in [3.63, 3.8) is 0 Å². The van der Waals surface area contributed by atoms with E-state index < -0.39 is 0 Å². The van der Waals surface area contributed by atoms with Crippen LogP contribution in [-0.4, -0.2) is 22.5 Å². The lowest BCUT2D eigenvalue weighted by Crippen LogP contribution is -2.19. The summed E-state index contributed by atoms with van der Waals surface area (Å²) in [6, 6.07) is 7.41. The average molecular weight is 244 g/mol. The first-order valence-corrected chi connectivity index (χ1v) is 5.73. The largest absolute Gasteiger partial charge is 0.377 e. The Morgan fingerprint density at radius 3 is 2.83 bits per heavy atom. The van der Waals surface area contributed by atoms with Crippen molar-refractivity contribution in [3.05, 3.63) is 48.0 Å². The highest BCUT2D eigenvalue weighted by Crippen LogP contribution is 2.15. The number of hydrogen-bond acceptors (Lipinski definition) is 3. The summed E-state index contributed by atoms with van der Waals surface area (Å²) in [4.78, 5) is 15.9. The molecule has 0 aliphatic carbocycles. The molecule has 0 atom stereocenters. The van der Waals surface area contributed by atoms with E-state index in [9.17, 15) is 4.79 Å². The van der Waals surface area contributed by atoms with Gasteiger partial charge in [-0.2, -0.15) is 0 Å². The second-order valence-corrected chi connectivity index (χ2v) is 3.93. The van der Waals surface area contributed by atoms with Crippen LogP contribution in [0.1, 0.15) is 16.2 Å². The second-order valence-electron chi connectivity index (χ2n) is 3.93. The first-order valence-electron chi connectivity index (χ1n) is 5.73. The van der Waals surface area contributed by atoms with Crippen LogP contribution in [0.25, 0.3) is 0 Å². The summed E-state index contributed by atoms with van der Waals surface area (Å²) in [5, 5.41) is 5.85. The number of hydrogen-bond donors (Lipinski definition) is 2.